The lowest BCUT2D eigenvalue weighted by Crippen LogP contribution is -2.24. The highest BCUT2D eigenvalue weighted by atomic mass is 15.4. The van der Waals surface area contributed by atoms with Crippen LogP contribution in [-0.2, 0) is 0 Å². The number of rotatable bonds is 0. The standard InChI is InChI=1S/C4H6N3/c5-4-2-1-3-6-7-4/h1-3,6H,5H2. The number of nitrogens with zero attached hydrogens (tertiary/aromatic N) is 1. The lowest BCUT2D eigenvalue weighted by atomic mass is 10.5. The van der Waals surface area contributed by atoms with E-state index in [1.54, 1.807) is 18.4 Å². The minimum atomic E-state index is 0.516. The maximum Gasteiger partial charge on any atom is 0.143 e. The summed E-state index contributed by atoms with van der Waals surface area (Å²) in [5.41, 5.74) is 11.4. The predicted octanol–water partition coefficient (Wildman–Crippen LogP) is -0.577. The van der Waals surface area contributed by atoms with E-state index in [4.69, 9.17) is 5.73 Å². The molecule has 3 N–H and O–H groups in total. The summed E-state index contributed by atoms with van der Waals surface area (Å²) in [7, 11) is 0. The van der Waals surface area contributed by atoms with Gasteiger partial charge in [0.15, 0.2) is 0 Å². The van der Waals surface area contributed by atoms with Crippen LogP contribution in [0.15, 0.2) is 24.2 Å². The van der Waals surface area contributed by atoms with Gasteiger partial charge in [-0.1, -0.05) is 0 Å². The zero-order valence-corrected chi connectivity index (χ0v) is 3.76. The molecule has 0 atom stereocenters. The monoisotopic (exact) mass is 96.1 g/mol. The Balaban J connectivity index is 2.57. The SMILES string of the molecule is NC1=CC=CN[N]1. The molecule has 3 nitrogen and oxygen atoms in total. The molecule has 7 heavy (non-hydrogen) atoms. The molecule has 0 unspecified atom stereocenters. The number of allylic oxidation sites excluding steroid dienone is 2. The van der Waals surface area contributed by atoms with Crippen LogP contribution in [0.4, 0.5) is 0 Å². The van der Waals surface area contributed by atoms with Crippen LogP contribution in [0.3, 0.4) is 0 Å². The van der Waals surface area contributed by atoms with Gasteiger partial charge in [0.05, 0.1) is 0 Å². The summed E-state index contributed by atoms with van der Waals surface area (Å²) in [4.78, 5) is 0. The van der Waals surface area contributed by atoms with E-state index in [0.717, 1.165) is 0 Å². The molecule has 3 heteroatoms. The van der Waals surface area contributed by atoms with Crippen molar-refractivity contribution in [2.45, 2.75) is 0 Å². The summed E-state index contributed by atoms with van der Waals surface area (Å²) in [5.74, 6) is 0.516. The Hall–Kier alpha value is -1.12. The maximum absolute atomic E-state index is 5.22. The van der Waals surface area contributed by atoms with Crippen molar-refractivity contribution in [1.82, 2.24) is 10.9 Å². The average molecular weight is 96.1 g/mol. The Morgan fingerprint density at radius 3 is 2.86 bits per heavy atom. The Kier molecular flexibility index (Phi) is 0.898. The van der Waals surface area contributed by atoms with Crippen LogP contribution in [0.1, 0.15) is 0 Å². The minimum Gasteiger partial charge on any atom is -0.382 e. The Morgan fingerprint density at radius 2 is 2.57 bits per heavy atom. The summed E-state index contributed by atoms with van der Waals surface area (Å²) in [6.45, 7) is 0. The number of hydrogen-bond acceptors (Lipinski definition) is 2. The van der Waals surface area contributed by atoms with Crippen molar-refractivity contribution < 1.29 is 0 Å². The Bertz CT molecular complexity index is 114. The molecule has 1 heterocycles. The molecule has 0 aromatic carbocycles. The largest absolute Gasteiger partial charge is 0.382 e. The first-order chi connectivity index (χ1) is 3.39. The fourth-order valence-electron chi connectivity index (χ4n) is 0.339. The third-order valence-corrected chi connectivity index (χ3v) is 0.631. The first-order valence-corrected chi connectivity index (χ1v) is 1.98. The Morgan fingerprint density at radius 1 is 1.71 bits per heavy atom. The Labute approximate surface area is 41.9 Å². The molecule has 1 aliphatic rings. The van der Waals surface area contributed by atoms with Gasteiger partial charge in [0.2, 0.25) is 0 Å². The van der Waals surface area contributed by atoms with Crippen molar-refractivity contribution in [2.75, 3.05) is 0 Å². The molecule has 0 fully saturated rings. The first-order valence-electron chi connectivity index (χ1n) is 1.98. The van der Waals surface area contributed by atoms with E-state index in [1.807, 2.05) is 0 Å². The number of nitrogens with two attached hydrogens (primary N) is 1. The molecule has 0 aromatic rings. The summed E-state index contributed by atoms with van der Waals surface area (Å²) >= 11 is 0. The lowest BCUT2D eigenvalue weighted by molar-refractivity contribution is 0.693. The quantitative estimate of drug-likeness (QED) is 0.424. The van der Waals surface area contributed by atoms with Crippen molar-refractivity contribution in [3.8, 4) is 0 Å². The maximum atomic E-state index is 5.22. The molecule has 0 aromatic heterocycles. The van der Waals surface area contributed by atoms with Crippen LogP contribution in [-0.4, -0.2) is 0 Å². The average Bonchev–Trinajstić information content (AvgIpc) is 1.69. The van der Waals surface area contributed by atoms with Crippen molar-refractivity contribution in [1.29, 1.82) is 0 Å². The van der Waals surface area contributed by atoms with Crippen LogP contribution in [0.25, 0.3) is 0 Å². The molecule has 1 radical (unpaired) electrons. The zero-order chi connectivity index (χ0) is 5.11. The number of nitrogens with one attached hydrogen (secondary N) is 1. The van der Waals surface area contributed by atoms with E-state index < -0.39 is 0 Å². The van der Waals surface area contributed by atoms with Gasteiger partial charge in [-0.05, 0) is 12.2 Å². The molecule has 1 rings (SSSR count). The third-order valence-electron chi connectivity index (χ3n) is 0.631. The predicted molar refractivity (Wildman–Crippen MR) is 26.7 cm³/mol. The fraction of sp³-hybridized carbons (Fsp3) is 0. The van der Waals surface area contributed by atoms with Gasteiger partial charge < -0.3 is 5.73 Å². The highest BCUT2D eigenvalue weighted by molar-refractivity contribution is 5.10. The van der Waals surface area contributed by atoms with Crippen LogP contribution in [0.2, 0.25) is 0 Å². The van der Waals surface area contributed by atoms with Crippen LogP contribution in [0, 0.1) is 0 Å². The highest BCUT2D eigenvalue weighted by Crippen LogP contribution is 1.83. The van der Waals surface area contributed by atoms with Gasteiger partial charge in [0.1, 0.15) is 5.82 Å². The summed E-state index contributed by atoms with van der Waals surface area (Å²) < 4.78 is 0. The van der Waals surface area contributed by atoms with E-state index in [2.05, 4.69) is 10.9 Å². The van der Waals surface area contributed by atoms with Gasteiger partial charge >= 0.3 is 0 Å². The van der Waals surface area contributed by atoms with Gasteiger partial charge in [0, 0.05) is 6.20 Å². The highest BCUT2D eigenvalue weighted by Gasteiger charge is 1.87. The van der Waals surface area contributed by atoms with Crippen molar-refractivity contribution in [3.05, 3.63) is 24.2 Å². The van der Waals surface area contributed by atoms with Crippen LogP contribution < -0.4 is 16.6 Å². The first kappa shape index (κ1) is 4.05. The molecule has 0 spiro atoms. The molecule has 1 aliphatic heterocycles. The summed E-state index contributed by atoms with van der Waals surface area (Å²) in [5, 5.41) is 0. The number of hydrogen-bond donors (Lipinski definition) is 2. The van der Waals surface area contributed by atoms with E-state index in [1.165, 1.54) is 0 Å². The van der Waals surface area contributed by atoms with E-state index in [-0.39, 0.29) is 0 Å². The van der Waals surface area contributed by atoms with Crippen molar-refractivity contribution >= 4 is 0 Å². The molecule has 0 saturated carbocycles. The van der Waals surface area contributed by atoms with Gasteiger partial charge in [0.25, 0.3) is 0 Å². The molecule has 0 amide bonds. The van der Waals surface area contributed by atoms with E-state index in [9.17, 15) is 0 Å². The molecule has 37 valence electrons. The van der Waals surface area contributed by atoms with Crippen molar-refractivity contribution in [3.63, 3.8) is 0 Å². The molecular weight excluding hydrogens is 90.1 g/mol. The molecule has 0 bridgehead atoms. The second-order valence-corrected chi connectivity index (χ2v) is 1.19. The second kappa shape index (κ2) is 1.55. The van der Waals surface area contributed by atoms with Crippen LogP contribution in [0.5, 0.6) is 0 Å². The smallest absolute Gasteiger partial charge is 0.143 e. The fourth-order valence-corrected chi connectivity index (χ4v) is 0.339. The van der Waals surface area contributed by atoms with Crippen LogP contribution >= 0.6 is 0 Å². The molecular formula is C4H6N3. The lowest BCUT2D eigenvalue weighted by Gasteiger charge is -2.02. The minimum absolute atomic E-state index is 0.516. The summed E-state index contributed by atoms with van der Waals surface area (Å²) in [6.07, 6.45) is 5.22. The third kappa shape index (κ3) is 0.855. The van der Waals surface area contributed by atoms with Crippen molar-refractivity contribution in [2.24, 2.45) is 5.73 Å². The zero-order valence-electron chi connectivity index (χ0n) is 3.76. The van der Waals surface area contributed by atoms with E-state index >= 15 is 0 Å². The van der Waals surface area contributed by atoms with E-state index in [0.29, 0.717) is 5.82 Å². The normalized spacial score (nSPS) is 16.9. The van der Waals surface area contributed by atoms with Gasteiger partial charge in [-0.25, -0.2) is 0 Å². The van der Waals surface area contributed by atoms with Gasteiger partial charge in [-0.15, -0.1) is 0 Å². The molecule has 0 saturated heterocycles. The summed E-state index contributed by atoms with van der Waals surface area (Å²) in [6, 6.07) is 0. The topological polar surface area (TPSA) is 52.1 Å². The second-order valence-electron chi connectivity index (χ2n) is 1.19. The van der Waals surface area contributed by atoms with Gasteiger partial charge in [-0.2, -0.15) is 5.43 Å². The van der Waals surface area contributed by atoms with Gasteiger partial charge in [-0.3, -0.25) is 5.43 Å². The molecule has 0 aliphatic carbocycles.